The van der Waals surface area contributed by atoms with E-state index >= 15 is 0 Å². The summed E-state index contributed by atoms with van der Waals surface area (Å²) in [6.45, 7) is -0.575. The molecule has 11 nitrogen and oxygen atoms in total. The van der Waals surface area contributed by atoms with Crippen molar-refractivity contribution in [1.29, 1.82) is 0 Å². The molecule has 13 heteroatoms. The number of carbonyl (C=O) groups is 1. The molecule has 4 aromatic rings. The van der Waals surface area contributed by atoms with Crippen molar-refractivity contribution in [2.45, 2.75) is 4.90 Å². The molecule has 0 aromatic heterocycles. The molecule has 0 atom stereocenters. The normalized spacial score (nSPS) is 12.0. The largest absolute Gasteiger partial charge is 0.497 e. The summed E-state index contributed by atoms with van der Waals surface area (Å²) >= 11 is 6.38. The third-order valence-corrected chi connectivity index (χ3v) is 7.62. The molecule has 218 valence electrons. The summed E-state index contributed by atoms with van der Waals surface area (Å²) < 4.78 is 57.3. The minimum Gasteiger partial charge on any atom is -0.497 e. The fourth-order valence-electron chi connectivity index (χ4n) is 3.95. The van der Waals surface area contributed by atoms with Crippen LogP contribution in [0.2, 0.25) is 5.02 Å². The van der Waals surface area contributed by atoms with Crippen molar-refractivity contribution in [3.63, 3.8) is 0 Å². The highest BCUT2D eigenvalue weighted by atomic mass is 35.5. The lowest BCUT2D eigenvalue weighted by molar-refractivity contribution is 0.102. The molecular weight excluding hydrogens is 588 g/mol. The predicted molar refractivity (Wildman–Crippen MR) is 155 cm³/mol. The Labute approximate surface area is 246 Å². The van der Waals surface area contributed by atoms with Crippen LogP contribution < -0.4 is 33.7 Å². The first-order chi connectivity index (χ1) is 20.3. The Morgan fingerprint density at radius 3 is 2.52 bits per heavy atom. The summed E-state index contributed by atoms with van der Waals surface area (Å²) in [5.41, 5.74) is 0.422. The summed E-state index contributed by atoms with van der Waals surface area (Å²) in [7, 11) is -2.80. The zero-order valence-electron chi connectivity index (χ0n) is 22.1. The van der Waals surface area contributed by atoms with Crippen molar-refractivity contribution in [1.82, 2.24) is 0 Å². The zero-order valence-corrected chi connectivity index (χ0v) is 23.7. The van der Waals surface area contributed by atoms with Crippen LogP contribution in [0.4, 0.5) is 11.4 Å². The summed E-state index contributed by atoms with van der Waals surface area (Å²) in [6, 6.07) is 20.2. The SMILES string of the molecule is COc1ccc(Cl)c(Oc2c(NS(=O)(=O)c3ccc4c(c3)OCO4)cc(C(=O)Nc3ccccc3)cc2OCCO)c1. The van der Waals surface area contributed by atoms with Gasteiger partial charge in [-0.05, 0) is 48.5 Å². The van der Waals surface area contributed by atoms with E-state index in [0.29, 0.717) is 17.2 Å². The number of aliphatic hydroxyl groups excluding tert-OH is 1. The van der Waals surface area contributed by atoms with Crippen LogP contribution in [-0.2, 0) is 10.0 Å². The number of hydrogen-bond acceptors (Lipinski definition) is 9. The number of carbonyl (C=O) groups excluding carboxylic acids is 1. The summed E-state index contributed by atoms with van der Waals surface area (Å²) in [4.78, 5) is 13.1. The van der Waals surface area contributed by atoms with Crippen LogP contribution in [0.1, 0.15) is 10.4 Å². The highest BCUT2D eigenvalue weighted by Crippen LogP contribution is 2.44. The van der Waals surface area contributed by atoms with Gasteiger partial charge >= 0.3 is 0 Å². The monoisotopic (exact) mass is 612 g/mol. The number of sulfonamides is 1. The van der Waals surface area contributed by atoms with Gasteiger partial charge in [-0.2, -0.15) is 0 Å². The van der Waals surface area contributed by atoms with Crippen LogP contribution in [0.15, 0.2) is 83.8 Å². The number of aliphatic hydroxyl groups is 1. The Kier molecular flexibility index (Phi) is 8.57. The fourth-order valence-corrected chi connectivity index (χ4v) is 5.17. The topological polar surface area (TPSA) is 142 Å². The van der Waals surface area contributed by atoms with Crippen LogP contribution in [-0.4, -0.2) is 46.5 Å². The molecule has 0 fully saturated rings. The third kappa shape index (κ3) is 6.46. The Morgan fingerprint density at radius 2 is 1.76 bits per heavy atom. The first-order valence-electron chi connectivity index (χ1n) is 12.5. The smallest absolute Gasteiger partial charge is 0.262 e. The van der Waals surface area contributed by atoms with Gasteiger partial charge in [0.05, 0.1) is 29.3 Å². The molecule has 3 N–H and O–H groups in total. The maximum atomic E-state index is 13.6. The fraction of sp³-hybridized carbons (Fsp3) is 0.138. The Balaban J connectivity index is 1.61. The number of halogens is 1. The van der Waals surface area contributed by atoms with E-state index < -0.39 is 15.9 Å². The Morgan fingerprint density at radius 1 is 0.976 bits per heavy atom. The van der Waals surface area contributed by atoms with Crippen LogP contribution >= 0.6 is 11.6 Å². The van der Waals surface area contributed by atoms with Crippen molar-refractivity contribution >= 4 is 38.9 Å². The van der Waals surface area contributed by atoms with Crippen LogP contribution in [0.25, 0.3) is 0 Å². The number of nitrogens with one attached hydrogen (secondary N) is 2. The second-order valence-corrected chi connectivity index (χ2v) is 10.9. The Hall–Kier alpha value is -4.65. The van der Waals surface area contributed by atoms with E-state index in [2.05, 4.69) is 10.0 Å². The molecule has 1 aliphatic rings. The van der Waals surface area contributed by atoms with E-state index in [4.69, 9.17) is 35.3 Å². The lowest BCUT2D eigenvalue weighted by Gasteiger charge is -2.20. The number of ether oxygens (including phenoxy) is 5. The van der Waals surface area contributed by atoms with Crippen LogP contribution in [0.3, 0.4) is 0 Å². The molecular formula is C29H25ClN2O9S. The summed E-state index contributed by atoms with van der Waals surface area (Å²) in [5, 5.41) is 12.4. The number of rotatable bonds is 11. The van der Waals surface area contributed by atoms with Crippen molar-refractivity contribution in [2.75, 3.05) is 37.2 Å². The molecule has 0 aliphatic carbocycles. The molecule has 0 bridgehead atoms. The average molecular weight is 613 g/mol. The molecule has 0 unspecified atom stereocenters. The molecule has 0 spiro atoms. The van der Waals surface area contributed by atoms with Gasteiger partial charge in [0.2, 0.25) is 6.79 Å². The van der Waals surface area contributed by atoms with Crippen molar-refractivity contribution < 1.29 is 42.0 Å². The maximum Gasteiger partial charge on any atom is 0.262 e. The van der Waals surface area contributed by atoms with Gasteiger partial charge in [-0.25, -0.2) is 8.42 Å². The molecule has 1 aliphatic heterocycles. The minimum absolute atomic E-state index is 0.0321. The van der Waals surface area contributed by atoms with E-state index in [-0.39, 0.29) is 64.2 Å². The van der Waals surface area contributed by atoms with Crippen molar-refractivity contribution in [3.05, 3.63) is 89.4 Å². The van der Waals surface area contributed by atoms with Gasteiger partial charge in [0.25, 0.3) is 15.9 Å². The number of para-hydroxylation sites is 1. The van der Waals surface area contributed by atoms with Crippen molar-refractivity contribution in [3.8, 4) is 34.5 Å². The van der Waals surface area contributed by atoms with E-state index in [1.54, 1.807) is 42.5 Å². The second kappa shape index (κ2) is 12.5. The van der Waals surface area contributed by atoms with Gasteiger partial charge in [-0.15, -0.1) is 0 Å². The molecule has 4 aromatic carbocycles. The van der Waals surface area contributed by atoms with Gasteiger partial charge in [0, 0.05) is 23.4 Å². The van der Waals surface area contributed by atoms with Crippen LogP contribution in [0.5, 0.6) is 34.5 Å². The first kappa shape index (κ1) is 28.9. The summed E-state index contributed by atoms with van der Waals surface area (Å²) in [5.74, 6) is 0.518. The first-order valence-corrected chi connectivity index (χ1v) is 14.4. The number of fused-ring (bicyclic) bond motifs is 1. The van der Waals surface area contributed by atoms with Crippen LogP contribution in [0, 0.1) is 0 Å². The van der Waals surface area contributed by atoms with Gasteiger partial charge < -0.3 is 34.1 Å². The van der Waals surface area contributed by atoms with Crippen molar-refractivity contribution in [2.24, 2.45) is 0 Å². The molecule has 0 saturated carbocycles. The van der Waals surface area contributed by atoms with Gasteiger partial charge in [0.1, 0.15) is 18.1 Å². The second-order valence-electron chi connectivity index (χ2n) is 8.76. The van der Waals surface area contributed by atoms with E-state index in [1.807, 2.05) is 0 Å². The number of hydrogen-bond donors (Lipinski definition) is 3. The average Bonchev–Trinajstić information content (AvgIpc) is 3.47. The molecule has 0 radical (unpaired) electrons. The number of amides is 1. The molecule has 42 heavy (non-hydrogen) atoms. The molecule has 1 heterocycles. The number of methoxy groups -OCH3 is 1. The predicted octanol–water partition coefficient (Wildman–Crippen LogP) is 5.29. The van der Waals surface area contributed by atoms with E-state index in [1.165, 1.54) is 43.5 Å². The third-order valence-electron chi connectivity index (χ3n) is 5.95. The minimum atomic E-state index is -4.27. The van der Waals surface area contributed by atoms with Gasteiger partial charge in [-0.3, -0.25) is 9.52 Å². The number of benzene rings is 4. The quantitative estimate of drug-likeness (QED) is 0.206. The zero-order chi connectivity index (χ0) is 29.7. The summed E-state index contributed by atoms with van der Waals surface area (Å²) in [6.07, 6.45) is 0. The lowest BCUT2D eigenvalue weighted by Crippen LogP contribution is -2.17. The van der Waals surface area contributed by atoms with Gasteiger partial charge in [-0.1, -0.05) is 29.8 Å². The standard InChI is InChI=1S/C29H25ClN2O9S/c1-37-20-7-9-22(30)25(15-20)41-28-23(32-42(35,36)21-8-10-24-26(16-21)40-17-39-24)13-18(14-27(28)38-12-11-33)29(34)31-19-5-3-2-4-6-19/h2-10,13-16,32-33H,11-12,17H2,1H3,(H,31,34). The number of anilines is 2. The maximum absolute atomic E-state index is 13.6. The van der Waals surface area contributed by atoms with E-state index in [0.717, 1.165) is 0 Å². The highest BCUT2D eigenvalue weighted by molar-refractivity contribution is 7.92. The molecule has 1 amide bonds. The van der Waals surface area contributed by atoms with Gasteiger partial charge in [0.15, 0.2) is 23.0 Å². The molecule has 5 rings (SSSR count). The molecule has 0 saturated heterocycles. The lowest BCUT2D eigenvalue weighted by atomic mass is 10.1. The highest BCUT2D eigenvalue weighted by Gasteiger charge is 2.26. The van der Waals surface area contributed by atoms with E-state index in [9.17, 15) is 18.3 Å². The Bertz CT molecular complexity index is 1720.